The molecule has 1 aliphatic carbocycles. The van der Waals surface area contributed by atoms with E-state index in [9.17, 15) is 19.0 Å². The lowest BCUT2D eigenvalue weighted by atomic mass is 9.80. The normalized spacial score (nSPS) is 23.8. The summed E-state index contributed by atoms with van der Waals surface area (Å²) in [7, 11) is -0.977. The van der Waals surface area contributed by atoms with E-state index in [1.165, 1.54) is 12.8 Å². The van der Waals surface area contributed by atoms with E-state index in [-0.39, 0.29) is 12.3 Å². The number of hydrogen-bond acceptors (Lipinski definition) is 6. The van der Waals surface area contributed by atoms with Crippen LogP contribution in [0.3, 0.4) is 0 Å². The van der Waals surface area contributed by atoms with Crippen molar-refractivity contribution < 1.29 is 19.0 Å². The number of hydrogen-bond donors (Lipinski definition) is 3. The lowest BCUT2D eigenvalue weighted by Gasteiger charge is -2.53. The van der Waals surface area contributed by atoms with Gasteiger partial charge in [-0.2, -0.15) is 0 Å². The maximum absolute atomic E-state index is 11.9. The van der Waals surface area contributed by atoms with Gasteiger partial charge in [-0.05, 0) is 72.4 Å². The first-order valence-electron chi connectivity index (χ1n) is 12.7. The van der Waals surface area contributed by atoms with Gasteiger partial charge in [0, 0.05) is 26.1 Å². The van der Waals surface area contributed by atoms with E-state index in [0.29, 0.717) is 30.7 Å². The molecule has 2 fully saturated rings. The molecule has 3 aromatic rings. The molecule has 194 valence electrons. The fraction of sp³-hybridized carbons (Fsp3) is 0.519. The van der Waals surface area contributed by atoms with E-state index in [2.05, 4.69) is 16.4 Å². The number of fused-ring (bicyclic) bond motifs is 2. The zero-order valence-corrected chi connectivity index (χ0v) is 22.0. The van der Waals surface area contributed by atoms with Gasteiger partial charge in [-0.25, -0.2) is 8.99 Å². The smallest absolute Gasteiger partial charge is 0.304 e. The molecule has 2 aromatic carbocycles. The molecule has 1 aromatic heterocycles. The molecule has 3 unspecified atom stereocenters. The number of nitrogens with zero attached hydrogens (tertiary/aromatic N) is 4. The Labute approximate surface area is 213 Å². The van der Waals surface area contributed by atoms with Crippen LogP contribution < -0.4 is 0 Å². The lowest BCUT2D eigenvalue weighted by molar-refractivity contribution is -0.137. The predicted molar refractivity (Wildman–Crippen MR) is 142 cm³/mol. The largest absolute Gasteiger partial charge is 0.481 e. The summed E-state index contributed by atoms with van der Waals surface area (Å²) in [6.45, 7) is 5.16. The van der Waals surface area contributed by atoms with Gasteiger partial charge < -0.3 is 5.11 Å². The highest BCUT2D eigenvalue weighted by atomic mass is 32.3. The zero-order valence-electron chi connectivity index (χ0n) is 21.2. The summed E-state index contributed by atoms with van der Waals surface area (Å²) in [4.78, 5) is 11.9. The Morgan fingerprint density at radius 2 is 1.89 bits per heavy atom. The van der Waals surface area contributed by atoms with Crippen LogP contribution in [0.4, 0.5) is 0 Å². The van der Waals surface area contributed by atoms with Crippen molar-refractivity contribution >= 4 is 27.8 Å². The molecule has 2 heterocycles. The van der Waals surface area contributed by atoms with Crippen LogP contribution >= 0.6 is 10.8 Å². The van der Waals surface area contributed by atoms with Crippen molar-refractivity contribution in [3.8, 4) is 0 Å². The quantitative estimate of drug-likeness (QED) is 0.401. The molecule has 36 heavy (non-hydrogen) atoms. The fourth-order valence-corrected chi connectivity index (χ4v) is 8.16. The average molecular weight is 513 g/mol. The van der Waals surface area contributed by atoms with Crippen LogP contribution in [0.2, 0.25) is 0 Å². The number of benzene rings is 2. The highest BCUT2D eigenvalue weighted by molar-refractivity contribution is 8.22. The number of aromatic nitrogens is 3. The summed E-state index contributed by atoms with van der Waals surface area (Å²) in [5.74, 6) is 0.177. The van der Waals surface area contributed by atoms with Crippen LogP contribution in [-0.4, -0.2) is 51.8 Å². The molecular formula is C27H36N4O4S. The molecule has 3 atom stereocenters. The molecule has 9 heteroatoms. The summed E-state index contributed by atoms with van der Waals surface area (Å²) in [6, 6.07) is 10.0. The third-order valence-electron chi connectivity index (χ3n) is 8.31. The molecule has 1 aliphatic heterocycles. The minimum absolute atomic E-state index is 0.0439. The van der Waals surface area contributed by atoms with Crippen LogP contribution in [0, 0.1) is 25.7 Å². The molecular weight excluding hydrogens is 476 g/mol. The Morgan fingerprint density at radius 1 is 1.14 bits per heavy atom. The fourth-order valence-electron chi connectivity index (χ4n) is 6.16. The molecule has 3 N–H and O–H groups in total. The number of carboxylic acid groups (broad SMARTS) is 1. The Bertz CT molecular complexity index is 1290. The lowest BCUT2D eigenvalue weighted by Crippen LogP contribution is -2.45. The second-order valence-corrected chi connectivity index (χ2v) is 12.7. The summed E-state index contributed by atoms with van der Waals surface area (Å²) < 4.78 is 25.6. The van der Waals surface area contributed by atoms with Crippen molar-refractivity contribution in [1.29, 1.82) is 0 Å². The van der Waals surface area contributed by atoms with Gasteiger partial charge in [-0.1, -0.05) is 42.3 Å². The Hall–Kier alpha value is -2.46. The molecule has 8 nitrogen and oxygen atoms in total. The molecule has 0 amide bonds. The number of carboxylic acids is 1. The zero-order chi connectivity index (χ0) is 25.6. The second-order valence-electron chi connectivity index (χ2n) is 10.6. The highest BCUT2D eigenvalue weighted by Gasteiger charge is 2.40. The third kappa shape index (κ3) is 4.77. The Morgan fingerprint density at radius 3 is 2.64 bits per heavy atom. The maximum atomic E-state index is 11.9. The highest BCUT2D eigenvalue weighted by Crippen LogP contribution is 2.54. The standard InChI is InChI=1S/C27H36N4O4S/c1-17-8-9-19(12-22(17)15-31-14-20-6-4-5-7-21(20)16-36(31,34)35)24(13-26(32)33)23-10-11-25-27(18(23)2)28-29-30(25)3/h8-12,20-21,24,34-35H,4-7,13-16H2,1-3H3,(H,32,33). The molecule has 1 saturated carbocycles. The van der Waals surface area contributed by atoms with Gasteiger partial charge in [0.1, 0.15) is 5.52 Å². The van der Waals surface area contributed by atoms with E-state index in [0.717, 1.165) is 51.7 Å². The van der Waals surface area contributed by atoms with Crippen LogP contribution in [0.15, 0.2) is 30.3 Å². The monoisotopic (exact) mass is 512 g/mol. The Kier molecular flexibility index (Phi) is 6.84. The first-order valence-corrected chi connectivity index (χ1v) is 14.4. The molecule has 5 rings (SSSR count). The molecule has 0 spiro atoms. The van der Waals surface area contributed by atoms with Crippen LogP contribution in [0.5, 0.6) is 0 Å². The van der Waals surface area contributed by atoms with Crippen LogP contribution in [-0.2, 0) is 18.4 Å². The summed E-state index contributed by atoms with van der Waals surface area (Å²) in [6.07, 6.45) is 4.60. The average Bonchev–Trinajstić information content (AvgIpc) is 3.21. The third-order valence-corrected chi connectivity index (χ3v) is 10.3. The summed E-state index contributed by atoms with van der Waals surface area (Å²) >= 11 is 0. The topological polar surface area (TPSA) is 112 Å². The van der Waals surface area contributed by atoms with E-state index in [1.54, 1.807) is 4.68 Å². The van der Waals surface area contributed by atoms with E-state index >= 15 is 0 Å². The number of carbonyl (C=O) groups is 1. The van der Waals surface area contributed by atoms with E-state index in [4.69, 9.17) is 0 Å². The van der Waals surface area contributed by atoms with Crippen LogP contribution in [0.1, 0.15) is 65.8 Å². The van der Waals surface area contributed by atoms with Gasteiger partial charge in [0.15, 0.2) is 0 Å². The van der Waals surface area contributed by atoms with Crippen molar-refractivity contribution in [3.05, 3.63) is 58.1 Å². The number of rotatable bonds is 6. The second kappa shape index (κ2) is 9.78. The number of aliphatic carboxylic acids is 1. The maximum Gasteiger partial charge on any atom is 0.304 e. The first-order chi connectivity index (χ1) is 17.1. The van der Waals surface area contributed by atoms with Crippen molar-refractivity contribution in [2.24, 2.45) is 18.9 Å². The van der Waals surface area contributed by atoms with Gasteiger partial charge in [0.25, 0.3) is 0 Å². The predicted octanol–water partition coefficient (Wildman–Crippen LogP) is 5.48. The minimum Gasteiger partial charge on any atom is -0.481 e. The Balaban J connectivity index is 1.48. The summed E-state index contributed by atoms with van der Waals surface area (Å²) in [5.41, 5.74) is 6.53. The molecule has 1 saturated heterocycles. The summed E-state index contributed by atoms with van der Waals surface area (Å²) in [5, 5.41) is 18.2. The van der Waals surface area contributed by atoms with Crippen molar-refractivity contribution in [3.63, 3.8) is 0 Å². The van der Waals surface area contributed by atoms with Gasteiger partial charge >= 0.3 is 5.97 Å². The molecule has 2 aliphatic rings. The molecule has 0 bridgehead atoms. The van der Waals surface area contributed by atoms with Crippen molar-refractivity contribution in [1.82, 2.24) is 19.3 Å². The van der Waals surface area contributed by atoms with Crippen LogP contribution in [0.25, 0.3) is 11.0 Å². The van der Waals surface area contributed by atoms with E-state index in [1.807, 2.05) is 49.5 Å². The molecule has 0 radical (unpaired) electrons. The van der Waals surface area contributed by atoms with Gasteiger partial charge in [0.05, 0.1) is 17.7 Å². The van der Waals surface area contributed by atoms with Gasteiger partial charge in [0.2, 0.25) is 0 Å². The minimum atomic E-state index is -2.82. The SMILES string of the molecule is Cc1ccc(C(CC(=O)O)c2ccc3c(nnn3C)c2C)cc1CN1CC2CCCCC2CS1(O)O. The van der Waals surface area contributed by atoms with Gasteiger partial charge in [-0.3, -0.25) is 13.9 Å². The van der Waals surface area contributed by atoms with Crippen molar-refractivity contribution in [2.45, 2.75) is 58.4 Å². The van der Waals surface area contributed by atoms with E-state index < -0.39 is 16.7 Å². The van der Waals surface area contributed by atoms with Gasteiger partial charge in [-0.15, -0.1) is 15.9 Å². The first kappa shape index (κ1) is 25.2. The number of aryl methyl sites for hydroxylation is 3. The van der Waals surface area contributed by atoms with Crippen molar-refractivity contribution in [2.75, 3.05) is 12.3 Å².